The molecule has 0 radical (unpaired) electrons. The van der Waals surface area contributed by atoms with E-state index in [1.54, 1.807) is 0 Å². The molecule has 0 saturated carbocycles. The van der Waals surface area contributed by atoms with Crippen LogP contribution in [0.25, 0.3) is 10.2 Å². The molecule has 104 valence electrons. The number of fused-ring (bicyclic) bond motifs is 3. The topological polar surface area (TPSA) is 78.7 Å². The first kappa shape index (κ1) is 13.1. The normalized spacial score (nSPS) is 17.9. The zero-order chi connectivity index (χ0) is 14.3. The van der Waals surface area contributed by atoms with E-state index in [4.69, 9.17) is 5.26 Å². The summed E-state index contributed by atoms with van der Waals surface area (Å²) in [6, 6.07) is 1.97. The first-order valence-corrected chi connectivity index (χ1v) is 7.57. The number of nitriles is 1. The van der Waals surface area contributed by atoms with E-state index in [0.29, 0.717) is 16.1 Å². The van der Waals surface area contributed by atoms with Gasteiger partial charge in [-0.05, 0) is 30.7 Å². The van der Waals surface area contributed by atoms with Crippen molar-refractivity contribution in [1.82, 2.24) is 9.55 Å². The van der Waals surface area contributed by atoms with Crippen molar-refractivity contribution in [2.24, 2.45) is 5.92 Å². The lowest BCUT2D eigenvalue weighted by Crippen LogP contribution is -2.35. The number of nitrogens with zero attached hydrogens (tertiary/aromatic N) is 2. The fourth-order valence-corrected chi connectivity index (χ4v) is 4.21. The van der Waals surface area contributed by atoms with Gasteiger partial charge < -0.3 is 0 Å². The van der Waals surface area contributed by atoms with E-state index in [1.165, 1.54) is 16.2 Å². The zero-order valence-corrected chi connectivity index (χ0v) is 12.0. The molecule has 1 aliphatic carbocycles. The lowest BCUT2D eigenvalue weighted by Gasteiger charge is -2.17. The largest absolute Gasteiger partial charge is 0.329 e. The van der Waals surface area contributed by atoms with Gasteiger partial charge in [-0.25, -0.2) is 4.79 Å². The summed E-state index contributed by atoms with van der Waals surface area (Å²) in [5, 5.41) is 9.29. The Bertz CT molecular complexity index is 822. The summed E-state index contributed by atoms with van der Waals surface area (Å²) in [7, 11) is 0. The third-order valence-electron chi connectivity index (χ3n) is 3.88. The molecule has 1 N–H and O–H groups in total. The Balaban J connectivity index is 2.24. The molecule has 20 heavy (non-hydrogen) atoms. The average molecular weight is 289 g/mol. The molecule has 1 unspecified atom stereocenters. The molecular formula is C14H15N3O2S. The maximum absolute atomic E-state index is 12.5. The van der Waals surface area contributed by atoms with Gasteiger partial charge in [-0.3, -0.25) is 14.3 Å². The van der Waals surface area contributed by atoms with Crippen molar-refractivity contribution in [2.45, 2.75) is 39.2 Å². The molecule has 1 aliphatic rings. The van der Waals surface area contributed by atoms with Crippen molar-refractivity contribution in [3.8, 4) is 6.07 Å². The Morgan fingerprint density at radius 3 is 3.05 bits per heavy atom. The van der Waals surface area contributed by atoms with Crippen LogP contribution in [-0.4, -0.2) is 9.55 Å². The summed E-state index contributed by atoms with van der Waals surface area (Å²) in [6.45, 7) is 2.36. The van der Waals surface area contributed by atoms with E-state index < -0.39 is 5.69 Å². The summed E-state index contributed by atoms with van der Waals surface area (Å²) < 4.78 is 1.15. The number of aromatic amines is 1. The fourth-order valence-electron chi connectivity index (χ4n) is 2.82. The Morgan fingerprint density at radius 2 is 2.30 bits per heavy atom. The molecule has 5 nitrogen and oxygen atoms in total. The second-order valence-electron chi connectivity index (χ2n) is 5.35. The molecule has 0 spiro atoms. The highest BCUT2D eigenvalue weighted by Crippen LogP contribution is 2.35. The van der Waals surface area contributed by atoms with Gasteiger partial charge in [-0.1, -0.05) is 6.92 Å². The van der Waals surface area contributed by atoms with E-state index in [-0.39, 0.29) is 18.5 Å². The van der Waals surface area contributed by atoms with Gasteiger partial charge in [0.05, 0.1) is 17.9 Å². The Morgan fingerprint density at radius 1 is 1.50 bits per heavy atom. The van der Waals surface area contributed by atoms with Crippen molar-refractivity contribution in [3.63, 3.8) is 0 Å². The van der Waals surface area contributed by atoms with Crippen molar-refractivity contribution >= 4 is 21.6 Å². The van der Waals surface area contributed by atoms with Crippen LogP contribution in [0.5, 0.6) is 0 Å². The maximum Gasteiger partial charge on any atom is 0.329 e. The van der Waals surface area contributed by atoms with E-state index >= 15 is 0 Å². The molecule has 0 amide bonds. The van der Waals surface area contributed by atoms with Crippen LogP contribution < -0.4 is 11.2 Å². The van der Waals surface area contributed by atoms with Crippen LogP contribution in [0.1, 0.15) is 30.2 Å². The minimum Gasteiger partial charge on any atom is -0.298 e. The number of hydrogen-bond acceptors (Lipinski definition) is 4. The molecule has 3 rings (SSSR count). The minimum atomic E-state index is -0.413. The molecule has 2 heterocycles. The molecule has 0 aromatic carbocycles. The fraction of sp³-hybridized carbons (Fsp3) is 0.500. The molecule has 0 bridgehead atoms. The van der Waals surface area contributed by atoms with E-state index in [0.717, 1.165) is 29.4 Å². The molecular weight excluding hydrogens is 274 g/mol. The first-order valence-electron chi connectivity index (χ1n) is 6.76. The van der Waals surface area contributed by atoms with Crippen LogP contribution in [-0.2, 0) is 19.4 Å². The van der Waals surface area contributed by atoms with Crippen molar-refractivity contribution in [1.29, 1.82) is 5.26 Å². The summed E-state index contributed by atoms with van der Waals surface area (Å²) in [4.78, 5) is 29.2. The number of nitrogens with one attached hydrogen (secondary N) is 1. The lowest BCUT2D eigenvalue weighted by atomic mass is 9.89. The SMILES string of the molecule is CC1CCc2c(sc3[nH]c(=O)n(CCC#N)c(=O)c23)C1. The molecule has 1 atom stereocenters. The highest BCUT2D eigenvalue weighted by molar-refractivity contribution is 7.18. The van der Waals surface area contributed by atoms with Gasteiger partial charge in [0.1, 0.15) is 4.83 Å². The number of aromatic nitrogens is 2. The van der Waals surface area contributed by atoms with Crippen LogP contribution in [0, 0.1) is 17.2 Å². The third kappa shape index (κ3) is 1.98. The van der Waals surface area contributed by atoms with E-state index in [1.807, 2.05) is 6.07 Å². The van der Waals surface area contributed by atoms with Gasteiger partial charge in [-0.15, -0.1) is 11.3 Å². The average Bonchev–Trinajstić information content (AvgIpc) is 2.75. The first-order chi connectivity index (χ1) is 9.61. The van der Waals surface area contributed by atoms with Gasteiger partial charge in [0.25, 0.3) is 5.56 Å². The summed E-state index contributed by atoms with van der Waals surface area (Å²) in [6.07, 6.45) is 3.12. The summed E-state index contributed by atoms with van der Waals surface area (Å²) in [5.41, 5.74) is 0.450. The Hall–Kier alpha value is -1.87. The van der Waals surface area contributed by atoms with Gasteiger partial charge in [-0.2, -0.15) is 5.26 Å². The number of thiophene rings is 1. The van der Waals surface area contributed by atoms with Crippen molar-refractivity contribution in [3.05, 3.63) is 31.3 Å². The zero-order valence-electron chi connectivity index (χ0n) is 11.2. The van der Waals surface area contributed by atoms with Crippen LogP contribution in [0.4, 0.5) is 0 Å². The predicted octanol–water partition coefficient (Wildman–Crippen LogP) is 1.79. The van der Waals surface area contributed by atoms with E-state index in [2.05, 4.69) is 11.9 Å². The van der Waals surface area contributed by atoms with Crippen LogP contribution >= 0.6 is 11.3 Å². The van der Waals surface area contributed by atoms with Gasteiger partial charge >= 0.3 is 5.69 Å². The molecule has 0 saturated heterocycles. The molecule has 0 fully saturated rings. The highest BCUT2D eigenvalue weighted by Gasteiger charge is 2.23. The third-order valence-corrected chi connectivity index (χ3v) is 5.05. The van der Waals surface area contributed by atoms with Crippen LogP contribution in [0.3, 0.4) is 0 Å². The molecule has 0 aliphatic heterocycles. The molecule has 2 aromatic rings. The van der Waals surface area contributed by atoms with Gasteiger partial charge in [0.15, 0.2) is 0 Å². The van der Waals surface area contributed by atoms with Crippen LogP contribution in [0.15, 0.2) is 9.59 Å². The molecule has 2 aromatic heterocycles. The minimum absolute atomic E-state index is 0.154. The highest BCUT2D eigenvalue weighted by atomic mass is 32.1. The molecule has 6 heteroatoms. The van der Waals surface area contributed by atoms with Gasteiger partial charge in [0, 0.05) is 11.4 Å². The predicted molar refractivity (Wildman–Crippen MR) is 78.1 cm³/mol. The second-order valence-corrected chi connectivity index (χ2v) is 6.46. The summed E-state index contributed by atoms with van der Waals surface area (Å²) >= 11 is 1.53. The second kappa shape index (κ2) is 4.91. The number of hydrogen-bond donors (Lipinski definition) is 1. The maximum atomic E-state index is 12.5. The summed E-state index contributed by atoms with van der Waals surface area (Å²) in [5.74, 6) is 0.628. The van der Waals surface area contributed by atoms with Crippen molar-refractivity contribution in [2.75, 3.05) is 0 Å². The number of H-pyrrole nitrogens is 1. The Kier molecular flexibility index (Phi) is 3.22. The number of rotatable bonds is 2. The lowest BCUT2D eigenvalue weighted by molar-refractivity contribution is 0.509. The number of aryl methyl sites for hydroxylation is 1. The monoisotopic (exact) mass is 289 g/mol. The van der Waals surface area contributed by atoms with E-state index in [9.17, 15) is 9.59 Å². The van der Waals surface area contributed by atoms with Gasteiger partial charge in [0.2, 0.25) is 0 Å². The van der Waals surface area contributed by atoms with Crippen LogP contribution in [0.2, 0.25) is 0 Å². The quantitative estimate of drug-likeness (QED) is 0.915. The smallest absolute Gasteiger partial charge is 0.298 e. The van der Waals surface area contributed by atoms with Crippen molar-refractivity contribution < 1.29 is 0 Å². The standard InChI is InChI=1S/C14H15N3O2S/c1-8-3-4-9-10(7-8)20-12-11(9)13(18)17(6-2-5-15)14(19)16-12/h8H,2-4,6-7H2,1H3,(H,16,19). The Labute approximate surface area is 119 Å².